The van der Waals surface area contributed by atoms with Gasteiger partial charge in [0.05, 0.1) is 27.7 Å². The Bertz CT molecular complexity index is 1390. The first-order valence-electron chi connectivity index (χ1n) is 10.7. The second kappa shape index (κ2) is 8.70. The third-order valence-corrected chi connectivity index (χ3v) is 6.61. The van der Waals surface area contributed by atoms with Crippen LogP contribution in [0.2, 0.25) is 0 Å². The van der Waals surface area contributed by atoms with Gasteiger partial charge in [0, 0.05) is 5.70 Å². The number of aromatic nitrogens is 2. The number of thiophene rings is 1. The van der Waals surface area contributed by atoms with E-state index in [1.54, 1.807) is 6.92 Å². The first-order valence-corrected chi connectivity index (χ1v) is 11.5. The molecule has 1 N–H and O–H groups in total. The highest BCUT2D eigenvalue weighted by Gasteiger charge is 2.37. The topological polar surface area (TPSA) is 71.3 Å². The molecule has 5 rings (SSSR count). The number of hydrogen-bond acceptors (Lipinski definition) is 5. The van der Waals surface area contributed by atoms with Crippen LogP contribution in [0.3, 0.4) is 0 Å². The number of anilines is 1. The van der Waals surface area contributed by atoms with Gasteiger partial charge in [0.25, 0.3) is 5.89 Å². The average molecular weight is 497 g/mol. The van der Waals surface area contributed by atoms with Gasteiger partial charge in [0.1, 0.15) is 0 Å². The van der Waals surface area contributed by atoms with Gasteiger partial charge < -0.3 is 9.84 Å². The highest BCUT2D eigenvalue weighted by molar-refractivity contribution is 7.13. The van der Waals surface area contributed by atoms with Gasteiger partial charge in [0.15, 0.2) is 0 Å². The summed E-state index contributed by atoms with van der Waals surface area (Å²) in [5.74, 6) is 0.629. The predicted molar refractivity (Wildman–Crippen MR) is 127 cm³/mol. The number of urea groups is 1. The van der Waals surface area contributed by atoms with E-state index in [9.17, 15) is 18.0 Å². The van der Waals surface area contributed by atoms with E-state index in [0.717, 1.165) is 28.1 Å². The number of hydrogen-bond donors (Lipinski definition) is 1. The molecule has 0 bridgehead atoms. The Kier molecular flexibility index (Phi) is 5.68. The van der Waals surface area contributed by atoms with Gasteiger partial charge in [-0.15, -0.1) is 11.3 Å². The number of carbonyl (C=O) groups is 1. The van der Waals surface area contributed by atoms with Gasteiger partial charge in [0.2, 0.25) is 5.82 Å². The molecule has 0 fully saturated rings. The maximum atomic E-state index is 13.2. The Balaban J connectivity index is 1.63. The van der Waals surface area contributed by atoms with Crippen LogP contribution in [0.4, 0.5) is 23.7 Å². The minimum absolute atomic E-state index is 0.216. The lowest BCUT2D eigenvalue weighted by Crippen LogP contribution is -2.46. The van der Waals surface area contributed by atoms with E-state index in [1.807, 2.05) is 48.7 Å². The molecule has 0 saturated heterocycles. The zero-order valence-corrected chi connectivity index (χ0v) is 19.4. The molecule has 0 saturated carbocycles. The Hall–Kier alpha value is -3.92. The van der Waals surface area contributed by atoms with Crippen molar-refractivity contribution in [2.24, 2.45) is 0 Å². The van der Waals surface area contributed by atoms with Crippen molar-refractivity contribution in [3.8, 4) is 10.7 Å². The van der Waals surface area contributed by atoms with E-state index >= 15 is 0 Å². The van der Waals surface area contributed by atoms with Crippen molar-refractivity contribution >= 4 is 28.6 Å². The number of nitrogens with one attached hydrogen (secondary N) is 1. The number of aryl methyl sites for hydroxylation is 1. The Labute approximate surface area is 202 Å². The summed E-state index contributed by atoms with van der Waals surface area (Å²) >= 11 is 1.46. The fraction of sp³-hybridized carbons (Fsp3) is 0.160. The summed E-state index contributed by atoms with van der Waals surface area (Å²) in [5, 5.41) is 8.95. The first kappa shape index (κ1) is 22.9. The number of halogens is 3. The van der Waals surface area contributed by atoms with E-state index in [4.69, 9.17) is 4.52 Å². The van der Waals surface area contributed by atoms with Crippen molar-refractivity contribution in [1.82, 2.24) is 15.5 Å². The molecule has 178 valence electrons. The van der Waals surface area contributed by atoms with Crippen molar-refractivity contribution in [1.29, 1.82) is 0 Å². The molecule has 1 unspecified atom stereocenters. The van der Waals surface area contributed by atoms with Gasteiger partial charge in [-0.2, -0.15) is 18.2 Å². The first-order chi connectivity index (χ1) is 16.7. The van der Waals surface area contributed by atoms with E-state index in [-0.39, 0.29) is 11.6 Å². The minimum Gasteiger partial charge on any atom is -0.334 e. The summed E-state index contributed by atoms with van der Waals surface area (Å²) in [5.41, 5.74) is 2.38. The summed E-state index contributed by atoms with van der Waals surface area (Å²) in [4.78, 5) is 19.9. The SMILES string of the molecule is CC1=C(c2nc(-c3cccs3)no2)C(c2ccc(C)cc2)NC(=O)N1c1ccc(C(F)(F)F)cc1. The molecule has 1 atom stereocenters. The van der Waals surface area contributed by atoms with Gasteiger partial charge in [-0.25, -0.2) is 4.79 Å². The molecule has 10 heteroatoms. The van der Waals surface area contributed by atoms with Crippen LogP contribution in [-0.2, 0) is 6.18 Å². The lowest BCUT2D eigenvalue weighted by molar-refractivity contribution is -0.137. The molecule has 0 aliphatic carbocycles. The van der Waals surface area contributed by atoms with Gasteiger partial charge in [-0.05, 0) is 55.1 Å². The van der Waals surface area contributed by atoms with Crippen LogP contribution in [0.25, 0.3) is 16.3 Å². The molecule has 2 aromatic heterocycles. The zero-order valence-electron chi connectivity index (χ0n) is 18.6. The van der Waals surface area contributed by atoms with Crippen LogP contribution in [0.1, 0.15) is 35.5 Å². The normalized spacial score (nSPS) is 16.5. The Morgan fingerprint density at radius 2 is 1.74 bits per heavy atom. The van der Waals surface area contributed by atoms with Gasteiger partial charge in [-0.1, -0.05) is 41.1 Å². The summed E-state index contributed by atoms with van der Waals surface area (Å²) in [7, 11) is 0. The lowest BCUT2D eigenvalue weighted by atomic mass is 9.94. The fourth-order valence-electron chi connectivity index (χ4n) is 3.98. The molecular weight excluding hydrogens is 477 g/mol. The number of amides is 2. The van der Waals surface area contributed by atoms with Crippen LogP contribution in [0.5, 0.6) is 0 Å². The Morgan fingerprint density at radius 1 is 1.03 bits per heavy atom. The largest absolute Gasteiger partial charge is 0.416 e. The van der Waals surface area contributed by atoms with Gasteiger partial charge in [-0.3, -0.25) is 4.90 Å². The summed E-state index contributed by atoms with van der Waals surface area (Å²) < 4.78 is 44.8. The van der Waals surface area contributed by atoms with Crippen molar-refractivity contribution in [3.63, 3.8) is 0 Å². The molecule has 3 heterocycles. The van der Waals surface area contributed by atoms with Crippen LogP contribution in [-0.4, -0.2) is 16.2 Å². The molecule has 1 aliphatic heterocycles. The van der Waals surface area contributed by atoms with Crippen molar-refractivity contribution in [2.45, 2.75) is 26.1 Å². The molecule has 2 aromatic carbocycles. The van der Waals surface area contributed by atoms with Crippen LogP contribution in [0, 0.1) is 6.92 Å². The number of rotatable bonds is 4. The van der Waals surface area contributed by atoms with E-state index in [0.29, 0.717) is 17.1 Å². The molecule has 0 radical (unpaired) electrons. The van der Waals surface area contributed by atoms with Crippen LogP contribution in [0.15, 0.2) is 76.3 Å². The number of allylic oxidation sites excluding steroid dienone is 1. The van der Waals surface area contributed by atoms with E-state index < -0.39 is 23.8 Å². The van der Waals surface area contributed by atoms with Crippen molar-refractivity contribution in [2.75, 3.05) is 4.90 Å². The molecule has 35 heavy (non-hydrogen) atoms. The van der Waals surface area contributed by atoms with Crippen molar-refractivity contribution in [3.05, 3.63) is 94.3 Å². The maximum Gasteiger partial charge on any atom is 0.416 e. The lowest BCUT2D eigenvalue weighted by Gasteiger charge is -2.35. The minimum atomic E-state index is -4.47. The summed E-state index contributed by atoms with van der Waals surface area (Å²) in [6.07, 6.45) is -4.47. The zero-order chi connectivity index (χ0) is 24.7. The number of benzene rings is 2. The van der Waals surface area contributed by atoms with Gasteiger partial charge >= 0.3 is 12.2 Å². The highest BCUT2D eigenvalue weighted by Crippen LogP contribution is 2.40. The second-order valence-electron chi connectivity index (χ2n) is 8.07. The summed E-state index contributed by atoms with van der Waals surface area (Å²) in [6.45, 7) is 3.67. The monoisotopic (exact) mass is 496 g/mol. The standard InChI is InChI=1S/C25H19F3N4O2S/c1-14-5-7-16(8-6-14)21-20(23-30-22(31-34-23)19-4-3-13-35-19)15(2)32(24(33)29-21)18-11-9-17(10-12-18)25(26,27)28/h3-13,21H,1-2H3,(H,29,33). The average Bonchev–Trinajstić information content (AvgIpc) is 3.51. The third kappa shape index (κ3) is 4.32. The third-order valence-electron chi connectivity index (χ3n) is 5.75. The number of carbonyl (C=O) groups excluding carboxylic acids is 1. The number of nitrogens with zero attached hydrogens (tertiary/aromatic N) is 3. The maximum absolute atomic E-state index is 13.2. The Morgan fingerprint density at radius 3 is 2.37 bits per heavy atom. The van der Waals surface area contributed by atoms with Crippen LogP contribution >= 0.6 is 11.3 Å². The smallest absolute Gasteiger partial charge is 0.334 e. The summed E-state index contributed by atoms with van der Waals surface area (Å²) in [6, 6.07) is 14.8. The molecule has 6 nitrogen and oxygen atoms in total. The molecular formula is C25H19F3N4O2S. The molecule has 4 aromatic rings. The molecule has 2 amide bonds. The number of alkyl halides is 3. The quantitative estimate of drug-likeness (QED) is 0.336. The van der Waals surface area contributed by atoms with E-state index in [2.05, 4.69) is 15.5 Å². The molecule has 0 spiro atoms. The highest BCUT2D eigenvalue weighted by atomic mass is 32.1. The van der Waals surface area contributed by atoms with E-state index in [1.165, 1.54) is 28.4 Å². The fourth-order valence-corrected chi connectivity index (χ4v) is 4.63. The molecule has 1 aliphatic rings. The van der Waals surface area contributed by atoms with Crippen molar-refractivity contribution < 1.29 is 22.5 Å². The van der Waals surface area contributed by atoms with Crippen LogP contribution < -0.4 is 10.2 Å². The predicted octanol–water partition coefficient (Wildman–Crippen LogP) is 6.83. The second-order valence-corrected chi connectivity index (χ2v) is 9.02.